The number of hydrogen-bond donors (Lipinski definition) is 2. The van der Waals surface area contributed by atoms with Crippen LogP contribution in [0, 0.1) is 18.6 Å². The lowest BCUT2D eigenvalue weighted by Crippen LogP contribution is -2.30. The highest BCUT2D eigenvalue weighted by atomic mass is 19.2. The first kappa shape index (κ1) is 15.4. The van der Waals surface area contributed by atoms with E-state index < -0.39 is 17.7 Å². The number of rotatable bonds is 5. The predicted molar refractivity (Wildman–Crippen MR) is 74.0 cm³/mol. The second kappa shape index (κ2) is 7.11. The van der Waals surface area contributed by atoms with Gasteiger partial charge in [-0.05, 0) is 44.6 Å². The molecule has 112 valence electrons. The molecule has 0 spiro atoms. The van der Waals surface area contributed by atoms with E-state index >= 15 is 0 Å². The minimum atomic E-state index is -0.808. The molecule has 1 heterocycles. The van der Waals surface area contributed by atoms with Crippen LogP contribution < -0.4 is 11.3 Å². The maximum absolute atomic E-state index is 14.0. The minimum absolute atomic E-state index is 0.206. The fourth-order valence-electron chi connectivity index (χ4n) is 2.65. The quantitative estimate of drug-likeness (QED) is 0.645. The number of ether oxygens (including phenoxy) is 1. The van der Waals surface area contributed by atoms with Crippen LogP contribution in [0.3, 0.4) is 0 Å². The number of benzene rings is 1. The van der Waals surface area contributed by atoms with Crippen molar-refractivity contribution in [2.75, 3.05) is 6.61 Å². The standard InChI is InChI=1S/C15H22F2N2O/c1-10-5-7-12(15(17)14(10)16)13(19-18)8-6-11-4-2-3-9-20-11/h5,7,11,13,19H,2-4,6,8-9,18H2,1H3. The van der Waals surface area contributed by atoms with Gasteiger partial charge in [-0.2, -0.15) is 0 Å². The molecule has 3 nitrogen and oxygen atoms in total. The molecule has 2 unspecified atom stereocenters. The van der Waals surface area contributed by atoms with Gasteiger partial charge in [0, 0.05) is 18.2 Å². The Labute approximate surface area is 118 Å². The monoisotopic (exact) mass is 284 g/mol. The number of nitrogens with one attached hydrogen (secondary N) is 1. The summed E-state index contributed by atoms with van der Waals surface area (Å²) in [6.45, 7) is 2.34. The van der Waals surface area contributed by atoms with E-state index in [2.05, 4.69) is 5.43 Å². The van der Waals surface area contributed by atoms with Gasteiger partial charge in [0.15, 0.2) is 11.6 Å². The summed E-state index contributed by atoms with van der Waals surface area (Å²) in [5.41, 5.74) is 3.17. The summed E-state index contributed by atoms with van der Waals surface area (Å²) in [4.78, 5) is 0. The van der Waals surface area contributed by atoms with Gasteiger partial charge in [-0.15, -0.1) is 0 Å². The lowest BCUT2D eigenvalue weighted by Gasteiger charge is -2.25. The van der Waals surface area contributed by atoms with Crippen LogP contribution in [0.1, 0.15) is 49.3 Å². The van der Waals surface area contributed by atoms with Crippen LogP contribution in [0.4, 0.5) is 8.78 Å². The molecule has 1 fully saturated rings. The van der Waals surface area contributed by atoms with E-state index in [4.69, 9.17) is 10.6 Å². The van der Waals surface area contributed by atoms with Gasteiger partial charge in [0.25, 0.3) is 0 Å². The highest BCUT2D eigenvalue weighted by molar-refractivity contribution is 5.27. The summed E-state index contributed by atoms with van der Waals surface area (Å²) < 4.78 is 33.2. The third kappa shape index (κ3) is 3.53. The zero-order valence-electron chi connectivity index (χ0n) is 11.8. The van der Waals surface area contributed by atoms with Crippen LogP contribution in [0.2, 0.25) is 0 Å². The lowest BCUT2D eigenvalue weighted by molar-refractivity contribution is 0.00848. The Morgan fingerprint density at radius 1 is 1.35 bits per heavy atom. The number of hydrogen-bond acceptors (Lipinski definition) is 3. The first-order valence-electron chi connectivity index (χ1n) is 7.15. The molecule has 1 saturated heterocycles. The fourth-order valence-corrected chi connectivity index (χ4v) is 2.65. The Bertz CT molecular complexity index is 448. The molecule has 1 aromatic rings. The van der Waals surface area contributed by atoms with Gasteiger partial charge >= 0.3 is 0 Å². The molecule has 0 amide bonds. The smallest absolute Gasteiger partial charge is 0.163 e. The van der Waals surface area contributed by atoms with Gasteiger partial charge in [0.05, 0.1) is 6.10 Å². The van der Waals surface area contributed by atoms with Crippen molar-refractivity contribution in [1.29, 1.82) is 0 Å². The van der Waals surface area contributed by atoms with E-state index in [0.29, 0.717) is 12.0 Å². The fraction of sp³-hybridized carbons (Fsp3) is 0.600. The molecule has 1 aromatic carbocycles. The molecule has 0 saturated carbocycles. The average Bonchev–Trinajstić information content (AvgIpc) is 2.48. The Balaban J connectivity index is 2.02. The third-order valence-corrected chi connectivity index (χ3v) is 3.93. The molecule has 20 heavy (non-hydrogen) atoms. The molecule has 1 aliphatic heterocycles. The predicted octanol–water partition coefficient (Wildman–Crippen LogP) is 3.13. The van der Waals surface area contributed by atoms with Gasteiger partial charge in [-0.1, -0.05) is 12.1 Å². The summed E-state index contributed by atoms with van der Waals surface area (Å²) in [6.07, 6.45) is 4.93. The van der Waals surface area contributed by atoms with E-state index in [-0.39, 0.29) is 11.7 Å². The van der Waals surface area contributed by atoms with Crippen LogP contribution in [-0.2, 0) is 4.74 Å². The minimum Gasteiger partial charge on any atom is -0.378 e. The summed E-state index contributed by atoms with van der Waals surface area (Å²) in [5.74, 6) is 3.89. The Morgan fingerprint density at radius 3 is 2.80 bits per heavy atom. The first-order valence-corrected chi connectivity index (χ1v) is 7.15. The summed E-state index contributed by atoms with van der Waals surface area (Å²) in [6, 6.07) is 2.78. The molecule has 1 aliphatic rings. The third-order valence-electron chi connectivity index (χ3n) is 3.93. The van der Waals surface area contributed by atoms with Crippen LogP contribution in [-0.4, -0.2) is 12.7 Å². The molecule has 2 rings (SSSR count). The van der Waals surface area contributed by atoms with Crippen molar-refractivity contribution >= 4 is 0 Å². The Morgan fingerprint density at radius 2 is 2.15 bits per heavy atom. The van der Waals surface area contributed by atoms with Crippen LogP contribution >= 0.6 is 0 Å². The zero-order chi connectivity index (χ0) is 14.5. The maximum Gasteiger partial charge on any atom is 0.163 e. The Hall–Kier alpha value is -1.04. The second-order valence-electron chi connectivity index (χ2n) is 5.38. The summed E-state index contributed by atoms with van der Waals surface area (Å²) in [5, 5.41) is 0. The molecule has 0 aliphatic carbocycles. The normalized spacial score (nSPS) is 20.9. The zero-order valence-corrected chi connectivity index (χ0v) is 11.8. The van der Waals surface area contributed by atoms with E-state index in [1.165, 1.54) is 6.42 Å². The Kier molecular flexibility index (Phi) is 5.46. The highest BCUT2D eigenvalue weighted by Gasteiger charge is 2.21. The molecular weight excluding hydrogens is 262 g/mol. The largest absolute Gasteiger partial charge is 0.378 e. The molecule has 0 bridgehead atoms. The van der Waals surface area contributed by atoms with Crippen molar-refractivity contribution in [2.45, 2.75) is 51.2 Å². The molecule has 3 N–H and O–H groups in total. The van der Waals surface area contributed by atoms with Crippen molar-refractivity contribution in [2.24, 2.45) is 5.84 Å². The lowest BCUT2D eigenvalue weighted by atomic mass is 9.96. The van der Waals surface area contributed by atoms with E-state index in [1.807, 2.05) is 0 Å². The number of aryl methyl sites for hydroxylation is 1. The molecule has 5 heteroatoms. The van der Waals surface area contributed by atoms with Gasteiger partial charge in [-0.25, -0.2) is 8.78 Å². The van der Waals surface area contributed by atoms with E-state index in [1.54, 1.807) is 19.1 Å². The second-order valence-corrected chi connectivity index (χ2v) is 5.38. The summed E-state index contributed by atoms with van der Waals surface area (Å²) in [7, 11) is 0. The van der Waals surface area contributed by atoms with Crippen molar-refractivity contribution in [3.63, 3.8) is 0 Å². The number of halogens is 2. The van der Waals surface area contributed by atoms with Crippen molar-refractivity contribution in [1.82, 2.24) is 5.43 Å². The maximum atomic E-state index is 14.0. The highest BCUT2D eigenvalue weighted by Crippen LogP contribution is 2.27. The number of hydrazine groups is 1. The topological polar surface area (TPSA) is 47.3 Å². The summed E-state index contributed by atoms with van der Waals surface area (Å²) >= 11 is 0. The van der Waals surface area contributed by atoms with Gasteiger partial charge in [-0.3, -0.25) is 11.3 Å². The first-order chi connectivity index (χ1) is 9.63. The van der Waals surface area contributed by atoms with E-state index in [9.17, 15) is 8.78 Å². The number of nitrogens with two attached hydrogens (primary N) is 1. The van der Waals surface area contributed by atoms with E-state index in [0.717, 1.165) is 25.9 Å². The van der Waals surface area contributed by atoms with Gasteiger partial charge in [0.2, 0.25) is 0 Å². The van der Waals surface area contributed by atoms with Crippen molar-refractivity contribution in [3.05, 3.63) is 34.9 Å². The van der Waals surface area contributed by atoms with Crippen LogP contribution in [0.25, 0.3) is 0 Å². The van der Waals surface area contributed by atoms with Crippen molar-refractivity contribution < 1.29 is 13.5 Å². The average molecular weight is 284 g/mol. The molecule has 2 atom stereocenters. The molecular formula is C15H22F2N2O. The van der Waals surface area contributed by atoms with Crippen LogP contribution in [0.15, 0.2) is 12.1 Å². The van der Waals surface area contributed by atoms with Crippen LogP contribution in [0.5, 0.6) is 0 Å². The SMILES string of the molecule is Cc1ccc(C(CCC2CCCCO2)NN)c(F)c1F. The van der Waals surface area contributed by atoms with Gasteiger partial charge < -0.3 is 4.74 Å². The molecule has 0 aromatic heterocycles. The van der Waals surface area contributed by atoms with Gasteiger partial charge in [0.1, 0.15) is 0 Å². The van der Waals surface area contributed by atoms with Crippen molar-refractivity contribution in [3.8, 4) is 0 Å². The molecule has 0 radical (unpaired) electrons.